The van der Waals surface area contributed by atoms with Gasteiger partial charge in [0.25, 0.3) is 0 Å². The highest BCUT2D eigenvalue weighted by Gasteiger charge is 2.48. The highest BCUT2D eigenvalue weighted by Crippen LogP contribution is 2.54. The molecule has 13 rings (SSSR count). The van der Waals surface area contributed by atoms with E-state index in [1.807, 2.05) is 0 Å². The predicted molar refractivity (Wildman–Crippen MR) is 264 cm³/mol. The minimum atomic E-state index is -0.212. The third-order valence-corrected chi connectivity index (χ3v) is 15.1. The molecule has 4 heteroatoms. The summed E-state index contributed by atoms with van der Waals surface area (Å²) in [7, 11) is 0. The quantitative estimate of drug-likeness (QED) is 0.162. The minimum Gasteiger partial charge on any atom is -0.466 e. The molecule has 4 heterocycles. The van der Waals surface area contributed by atoms with Crippen LogP contribution in [-0.4, -0.2) is 11.3 Å². The lowest BCUT2D eigenvalue weighted by Crippen LogP contribution is -2.56. The summed E-state index contributed by atoms with van der Waals surface area (Å²) in [5.41, 5.74) is 18.5. The molecule has 10 aromatic rings. The molecular weight excluding hydrogens is 751 g/mol. The first-order valence-corrected chi connectivity index (χ1v) is 22.5. The van der Waals surface area contributed by atoms with E-state index in [2.05, 4.69) is 203 Å². The molecule has 0 N–H and O–H groups in total. The Morgan fingerprint density at radius 2 is 1.23 bits per heavy atom. The zero-order chi connectivity index (χ0) is 42.0. The van der Waals surface area contributed by atoms with E-state index in [1.165, 1.54) is 98.8 Å². The summed E-state index contributed by atoms with van der Waals surface area (Å²) in [4.78, 5) is 2.61. The zero-order valence-corrected chi connectivity index (χ0v) is 36.7. The number of nitrogens with zero attached hydrogens (tertiary/aromatic N) is 2. The predicted octanol–water partition coefficient (Wildman–Crippen LogP) is 14.6. The van der Waals surface area contributed by atoms with Gasteiger partial charge in [0.15, 0.2) is 0 Å². The van der Waals surface area contributed by atoms with E-state index in [-0.39, 0.29) is 23.1 Å². The molecule has 0 unspecified atom stereocenters. The molecule has 0 radical (unpaired) electrons. The Balaban J connectivity index is 1.25. The summed E-state index contributed by atoms with van der Waals surface area (Å²) >= 11 is 0. The minimum absolute atomic E-state index is 0.0268. The summed E-state index contributed by atoms with van der Waals surface area (Å²) in [6.07, 6.45) is 2.29. The van der Waals surface area contributed by atoms with Crippen LogP contribution in [0.25, 0.3) is 76.6 Å². The Bertz CT molecular complexity index is 3580. The molecule has 0 amide bonds. The summed E-state index contributed by atoms with van der Waals surface area (Å²) in [5.74, 6) is 0. The maximum atomic E-state index is 7.67. The van der Waals surface area contributed by atoms with Crippen molar-refractivity contribution >= 4 is 89.4 Å². The van der Waals surface area contributed by atoms with Gasteiger partial charge in [-0.3, -0.25) is 0 Å². The largest absolute Gasteiger partial charge is 0.466 e. The number of para-hydroxylation sites is 1. The number of hydrogen-bond acceptors (Lipinski definition) is 2. The SMILES string of the molecule is CC(C)(C)c1ccc(N2c3cc4ccccc4c4c3B(c3oc5cc6c(cc5c32)C(C)(C)CCC6(C)C)n2c3c-4cccc3c3ccc4ccccc4c32)c(-c2ccccc2)c1. The maximum absolute atomic E-state index is 7.67. The number of fused-ring (bicyclic) bond motifs is 14. The Kier molecular flexibility index (Phi) is 7.06. The van der Waals surface area contributed by atoms with E-state index in [9.17, 15) is 0 Å². The van der Waals surface area contributed by atoms with Crippen LogP contribution in [0.15, 0.2) is 150 Å². The fourth-order valence-corrected chi connectivity index (χ4v) is 11.8. The summed E-state index contributed by atoms with van der Waals surface area (Å²) in [5, 5.41) is 8.77. The Hall–Kier alpha value is -6.52. The first kappa shape index (κ1) is 36.2. The summed E-state index contributed by atoms with van der Waals surface area (Å²) in [6.45, 7) is 16.5. The second-order valence-corrected chi connectivity index (χ2v) is 20.7. The highest BCUT2D eigenvalue weighted by atomic mass is 16.3. The number of hydrogen-bond donors (Lipinski definition) is 0. The molecule has 0 atom stereocenters. The van der Waals surface area contributed by atoms with E-state index in [0.29, 0.717) is 0 Å². The number of rotatable bonds is 2. The zero-order valence-electron chi connectivity index (χ0n) is 36.7. The third kappa shape index (κ3) is 4.73. The fraction of sp³-hybridized carbons (Fsp3) is 0.207. The first-order chi connectivity index (χ1) is 29.9. The molecular formula is C58H49BN2O. The Labute approximate surface area is 363 Å². The molecule has 1 aliphatic carbocycles. The fourth-order valence-electron chi connectivity index (χ4n) is 11.8. The van der Waals surface area contributed by atoms with Crippen LogP contribution in [0, 0.1) is 0 Å². The van der Waals surface area contributed by atoms with Crippen molar-refractivity contribution in [1.82, 2.24) is 4.48 Å². The smallest absolute Gasteiger partial charge is 0.376 e. The molecule has 8 aromatic carbocycles. The van der Waals surface area contributed by atoms with Gasteiger partial charge in [0, 0.05) is 49.4 Å². The average Bonchev–Trinajstić information content (AvgIpc) is 3.82. The molecule has 3 aliphatic rings. The van der Waals surface area contributed by atoms with Gasteiger partial charge in [-0.05, 0) is 109 Å². The van der Waals surface area contributed by atoms with Crippen molar-refractivity contribution in [3.05, 3.63) is 162 Å². The van der Waals surface area contributed by atoms with Crippen LogP contribution in [0.4, 0.5) is 17.1 Å². The van der Waals surface area contributed by atoms with E-state index >= 15 is 0 Å². The lowest BCUT2D eigenvalue weighted by molar-refractivity contribution is 0.332. The van der Waals surface area contributed by atoms with E-state index in [4.69, 9.17) is 4.42 Å². The van der Waals surface area contributed by atoms with E-state index in [1.54, 1.807) is 0 Å². The van der Waals surface area contributed by atoms with E-state index < -0.39 is 0 Å². The van der Waals surface area contributed by atoms with Gasteiger partial charge in [-0.25, -0.2) is 0 Å². The van der Waals surface area contributed by atoms with Crippen LogP contribution in [0.3, 0.4) is 0 Å². The van der Waals surface area contributed by atoms with Gasteiger partial charge in [-0.2, -0.15) is 0 Å². The van der Waals surface area contributed by atoms with Crippen LogP contribution in [-0.2, 0) is 16.2 Å². The summed E-state index contributed by atoms with van der Waals surface area (Å²) in [6, 6.07) is 55.2. The topological polar surface area (TPSA) is 21.3 Å². The van der Waals surface area contributed by atoms with Crippen molar-refractivity contribution in [2.45, 2.75) is 77.6 Å². The van der Waals surface area contributed by atoms with Crippen molar-refractivity contribution in [3.63, 3.8) is 0 Å². The van der Waals surface area contributed by atoms with Crippen molar-refractivity contribution in [1.29, 1.82) is 0 Å². The highest BCUT2D eigenvalue weighted by molar-refractivity contribution is 6.90. The molecule has 2 aliphatic heterocycles. The number of benzene rings is 8. The van der Waals surface area contributed by atoms with Gasteiger partial charge >= 0.3 is 6.85 Å². The van der Waals surface area contributed by atoms with Crippen LogP contribution in [0.5, 0.6) is 0 Å². The molecule has 300 valence electrons. The molecule has 0 fully saturated rings. The van der Waals surface area contributed by atoms with Crippen LogP contribution in [0.1, 0.15) is 78.0 Å². The molecule has 2 aromatic heterocycles. The van der Waals surface area contributed by atoms with Crippen molar-refractivity contribution in [3.8, 4) is 22.3 Å². The third-order valence-electron chi connectivity index (χ3n) is 15.1. The molecule has 62 heavy (non-hydrogen) atoms. The molecule has 3 nitrogen and oxygen atoms in total. The lowest BCUT2D eigenvalue weighted by Gasteiger charge is -2.42. The normalized spacial score (nSPS) is 16.0. The van der Waals surface area contributed by atoms with Gasteiger partial charge in [-0.15, -0.1) is 0 Å². The van der Waals surface area contributed by atoms with Crippen LogP contribution in [0.2, 0.25) is 0 Å². The maximum Gasteiger partial charge on any atom is 0.376 e. The summed E-state index contributed by atoms with van der Waals surface area (Å²) < 4.78 is 10.3. The first-order valence-electron chi connectivity index (χ1n) is 22.5. The van der Waals surface area contributed by atoms with Gasteiger partial charge < -0.3 is 13.8 Å². The number of anilines is 3. The van der Waals surface area contributed by atoms with Crippen molar-refractivity contribution < 1.29 is 4.42 Å². The molecule has 0 spiro atoms. The van der Waals surface area contributed by atoms with Crippen molar-refractivity contribution in [2.75, 3.05) is 4.90 Å². The van der Waals surface area contributed by atoms with Crippen LogP contribution >= 0.6 is 0 Å². The van der Waals surface area contributed by atoms with E-state index in [0.717, 1.165) is 35.5 Å². The second kappa shape index (κ2) is 12.1. The Morgan fingerprint density at radius 1 is 0.548 bits per heavy atom. The monoisotopic (exact) mass is 800 g/mol. The van der Waals surface area contributed by atoms with Crippen molar-refractivity contribution in [2.24, 2.45) is 0 Å². The van der Waals surface area contributed by atoms with Gasteiger partial charge in [-0.1, -0.05) is 164 Å². The van der Waals surface area contributed by atoms with Gasteiger partial charge in [0.2, 0.25) is 0 Å². The lowest BCUT2D eigenvalue weighted by atomic mass is 9.47. The second-order valence-electron chi connectivity index (χ2n) is 20.7. The number of furan rings is 1. The van der Waals surface area contributed by atoms with Gasteiger partial charge in [0.05, 0.1) is 11.4 Å². The molecule has 0 bridgehead atoms. The van der Waals surface area contributed by atoms with Crippen LogP contribution < -0.4 is 16.0 Å². The molecule has 0 saturated heterocycles. The van der Waals surface area contributed by atoms with Gasteiger partial charge in [0.1, 0.15) is 11.2 Å². The molecule has 0 saturated carbocycles. The number of aromatic nitrogens is 1. The standard InChI is InChI=1S/C58H49BN2O/c1-56(2,3)37-25-27-47(43(31-37)34-16-9-8-10-17-34)60-48-30-36-19-12-13-20-38(36)50-42-23-15-22-40-41-26-24-35-18-11-14-21-39(35)52(41)61(53(40)42)59(51(48)50)55-54(60)44-32-45-46(33-49(44)62-55)58(6,7)29-28-57(45,4)5/h8-27,30-33H,28-29H2,1-7H3. The Morgan fingerprint density at radius 3 is 2.00 bits per heavy atom. The average molecular weight is 801 g/mol.